The maximum absolute atomic E-state index is 12.6. The van der Waals surface area contributed by atoms with Crippen molar-refractivity contribution >= 4 is 46.6 Å². The molecular weight excluding hydrogens is 499 g/mol. The number of hydrogen-bond acceptors (Lipinski definition) is 7. The quantitative estimate of drug-likeness (QED) is 0.256. The number of nitrogens with one attached hydrogen (secondary N) is 1. The van der Waals surface area contributed by atoms with Crippen molar-refractivity contribution in [3.63, 3.8) is 0 Å². The molecule has 1 atom stereocenters. The SMILES string of the molecule is C=CCn1c(SCC(=O)Nc2cc(OC)c(Cl)cc2OC)nnc1C(C)Oc1ccccc1Cl. The van der Waals surface area contributed by atoms with Crippen LogP contribution in [0.4, 0.5) is 5.69 Å². The maximum Gasteiger partial charge on any atom is 0.234 e. The second-order valence-corrected chi connectivity index (χ2v) is 8.71. The number of nitrogens with zero attached hydrogens (tertiary/aromatic N) is 3. The highest BCUT2D eigenvalue weighted by atomic mass is 35.5. The Balaban J connectivity index is 1.71. The summed E-state index contributed by atoms with van der Waals surface area (Å²) in [6.07, 6.45) is 1.30. The lowest BCUT2D eigenvalue weighted by molar-refractivity contribution is -0.113. The topological polar surface area (TPSA) is 87.5 Å². The monoisotopic (exact) mass is 522 g/mol. The number of ether oxygens (including phenoxy) is 3. The highest BCUT2D eigenvalue weighted by molar-refractivity contribution is 7.99. The standard InChI is InChI=1S/C23H24Cl2N4O4S/c1-5-10-29-22(14(2)33-18-9-7-6-8-15(18)24)27-28-23(29)34-13-21(30)26-17-12-19(31-3)16(25)11-20(17)32-4/h5-9,11-12,14H,1,10,13H2,2-4H3,(H,26,30). The second-order valence-electron chi connectivity index (χ2n) is 6.95. The molecule has 3 rings (SSSR count). The number of halogens is 2. The first-order chi connectivity index (χ1) is 16.4. The van der Waals surface area contributed by atoms with Crippen LogP contribution in [0.2, 0.25) is 10.0 Å². The average molecular weight is 523 g/mol. The largest absolute Gasteiger partial charge is 0.495 e. The van der Waals surface area contributed by atoms with Gasteiger partial charge in [0, 0.05) is 18.7 Å². The van der Waals surface area contributed by atoms with Gasteiger partial charge in [-0.2, -0.15) is 0 Å². The smallest absolute Gasteiger partial charge is 0.234 e. The van der Waals surface area contributed by atoms with Gasteiger partial charge in [0.1, 0.15) is 17.2 Å². The fraction of sp³-hybridized carbons (Fsp3) is 0.261. The molecule has 0 spiro atoms. The van der Waals surface area contributed by atoms with Gasteiger partial charge in [-0.15, -0.1) is 16.8 Å². The molecule has 0 aliphatic rings. The first-order valence-corrected chi connectivity index (χ1v) is 11.9. The van der Waals surface area contributed by atoms with Crippen LogP contribution in [-0.4, -0.2) is 40.6 Å². The van der Waals surface area contributed by atoms with Gasteiger partial charge < -0.3 is 19.5 Å². The van der Waals surface area contributed by atoms with Gasteiger partial charge in [-0.05, 0) is 19.1 Å². The van der Waals surface area contributed by atoms with E-state index in [2.05, 4.69) is 22.1 Å². The van der Waals surface area contributed by atoms with Gasteiger partial charge in [-0.1, -0.05) is 53.2 Å². The van der Waals surface area contributed by atoms with Crippen LogP contribution in [-0.2, 0) is 11.3 Å². The Bertz CT molecular complexity index is 1170. The van der Waals surface area contributed by atoms with Gasteiger partial charge in [-0.3, -0.25) is 9.36 Å². The van der Waals surface area contributed by atoms with Crippen LogP contribution in [0.15, 0.2) is 54.2 Å². The highest BCUT2D eigenvalue weighted by Gasteiger charge is 2.21. The van der Waals surface area contributed by atoms with Crippen molar-refractivity contribution in [1.82, 2.24) is 14.8 Å². The number of aromatic nitrogens is 3. The number of methoxy groups -OCH3 is 2. The Hall–Kier alpha value is -2.88. The molecule has 2 aromatic carbocycles. The summed E-state index contributed by atoms with van der Waals surface area (Å²) in [6, 6.07) is 10.4. The fourth-order valence-electron chi connectivity index (χ4n) is 3.07. The van der Waals surface area contributed by atoms with Gasteiger partial charge in [0.25, 0.3) is 0 Å². The van der Waals surface area contributed by atoms with E-state index in [4.69, 9.17) is 37.4 Å². The van der Waals surface area contributed by atoms with Gasteiger partial charge in [0.2, 0.25) is 5.91 Å². The number of rotatable bonds is 11. The molecule has 1 heterocycles. The van der Waals surface area contributed by atoms with Crippen molar-refractivity contribution in [2.24, 2.45) is 0 Å². The number of carbonyl (C=O) groups is 1. The van der Waals surface area contributed by atoms with Crippen LogP contribution in [0.25, 0.3) is 0 Å². The highest BCUT2D eigenvalue weighted by Crippen LogP contribution is 2.36. The Kier molecular flexibility index (Phi) is 9.09. The Labute approximate surface area is 212 Å². The second kappa shape index (κ2) is 12.0. The first kappa shape index (κ1) is 25.7. The molecule has 34 heavy (non-hydrogen) atoms. The molecule has 0 saturated carbocycles. The molecule has 180 valence electrons. The third kappa shape index (κ3) is 6.16. The Morgan fingerprint density at radius 2 is 1.88 bits per heavy atom. The molecule has 0 fully saturated rings. The average Bonchev–Trinajstić information content (AvgIpc) is 3.23. The number of anilines is 1. The predicted octanol–water partition coefficient (Wildman–Crippen LogP) is 5.66. The molecule has 0 radical (unpaired) electrons. The van der Waals surface area contributed by atoms with Crippen molar-refractivity contribution in [2.75, 3.05) is 25.3 Å². The Morgan fingerprint density at radius 3 is 2.56 bits per heavy atom. The van der Waals surface area contributed by atoms with E-state index in [-0.39, 0.29) is 11.7 Å². The Morgan fingerprint density at radius 1 is 1.15 bits per heavy atom. The summed E-state index contributed by atoms with van der Waals surface area (Å²) in [4.78, 5) is 12.6. The van der Waals surface area contributed by atoms with Crippen LogP contribution in [0.1, 0.15) is 18.9 Å². The summed E-state index contributed by atoms with van der Waals surface area (Å²) in [5, 5.41) is 12.8. The van der Waals surface area contributed by atoms with E-state index in [1.54, 1.807) is 30.3 Å². The van der Waals surface area contributed by atoms with Crippen LogP contribution in [0, 0.1) is 0 Å². The number of thioether (sulfide) groups is 1. The first-order valence-electron chi connectivity index (χ1n) is 10.2. The molecule has 1 amide bonds. The van der Waals surface area contributed by atoms with Crippen molar-refractivity contribution in [3.8, 4) is 17.2 Å². The van der Waals surface area contributed by atoms with E-state index in [0.717, 1.165) is 0 Å². The number of para-hydroxylation sites is 1. The van der Waals surface area contributed by atoms with Gasteiger partial charge in [-0.25, -0.2) is 0 Å². The molecule has 3 aromatic rings. The van der Waals surface area contributed by atoms with Crippen LogP contribution in [0.5, 0.6) is 17.2 Å². The minimum atomic E-state index is -0.429. The molecule has 1 N–H and O–H groups in total. The van der Waals surface area contributed by atoms with Gasteiger partial charge in [0.05, 0.1) is 35.7 Å². The van der Waals surface area contributed by atoms with Crippen molar-refractivity contribution in [2.45, 2.75) is 24.7 Å². The lowest BCUT2D eigenvalue weighted by atomic mass is 10.2. The number of benzene rings is 2. The molecule has 1 aromatic heterocycles. The zero-order valence-electron chi connectivity index (χ0n) is 18.9. The number of carbonyl (C=O) groups excluding carboxylic acids is 1. The van der Waals surface area contributed by atoms with Crippen molar-refractivity contribution in [3.05, 3.63) is 64.9 Å². The zero-order chi connectivity index (χ0) is 24.7. The molecule has 0 saturated heterocycles. The summed E-state index contributed by atoms with van der Waals surface area (Å²) < 4.78 is 18.3. The van der Waals surface area contributed by atoms with Crippen molar-refractivity contribution < 1.29 is 19.0 Å². The lowest BCUT2D eigenvalue weighted by Crippen LogP contribution is -2.16. The predicted molar refractivity (Wildman–Crippen MR) is 135 cm³/mol. The summed E-state index contributed by atoms with van der Waals surface area (Å²) in [6.45, 7) is 6.11. The summed E-state index contributed by atoms with van der Waals surface area (Å²) in [5.74, 6) is 1.81. The molecule has 0 aliphatic carbocycles. The van der Waals surface area contributed by atoms with E-state index in [0.29, 0.717) is 50.5 Å². The molecule has 8 nitrogen and oxygen atoms in total. The summed E-state index contributed by atoms with van der Waals surface area (Å²) >= 11 is 13.6. The molecule has 11 heteroatoms. The van der Waals surface area contributed by atoms with Crippen molar-refractivity contribution in [1.29, 1.82) is 0 Å². The van der Waals surface area contributed by atoms with E-state index in [9.17, 15) is 4.79 Å². The summed E-state index contributed by atoms with van der Waals surface area (Å²) in [5.41, 5.74) is 0.448. The summed E-state index contributed by atoms with van der Waals surface area (Å²) in [7, 11) is 2.99. The van der Waals surface area contributed by atoms with E-state index in [1.807, 2.05) is 23.6 Å². The van der Waals surface area contributed by atoms with Crippen LogP contribution >= 0.6 is 35.0 Å². The van der Waals surface area contributed by atoms with Crippen LogP contribution < -0.4 is 19.5 Å². The molecular formula is C23H24Cl2N4O4S. The van der Waals surface area contributed by atoms with Gasteiger partial charge in [0.15, 0.2) is 17.1 Å². The number of hydrogen-bond donors (Lipinski definition) is 1. The van der Waals surface area contributed by atoms with E-state index in [1.165, 1.54) is 26.0 Å². The minimum absolute atomic E-state index is 0.0864. The van der Waals surface area contributed by atoms with E-state index < -0.39 is 6.10 Å². The zero-order valence-corrected chi connectivity index (χ0v) is 21.2. The third-order valence-corrected chi connectivity index (χ3v) is 6.22. The lowest BCUT2D eigenvalue weighted by Gasteiger charge is -2.16. The molecule has 0 bridgehead atoms. The molecule has 1 unspecified atom stereocenters. The fourth-order valence-corrected chi connectivity index (χ4v) is 4.23. The molecule has 0 aliphatic heterocycles. The normalized spacial score (nSPS) is 11.6. The number of amides is 1. The minimum Gasteiger partial charge on any atom is -0.495 e. The number of allylic oxidation sites excluding steroid dienone is 1. The maximum atomic E-state index is 12.6. The van der Waals surface area contributed by atoms with E-state index >= 15 is 0 Å². The van der Waals surface area contributed by atoms with Crippen LogP contribution in [0.3, 0.4) is 0 Å². The third-order valence-electron chi connectivity index (χ3n) is 4.64. The van der Waals surface area contributed by atoms with Gasteiger partial charge >= 0.3 is 0 Å².